The van der Waals surface area contributed by atoms with E-state index in [1.54, 1.807) is 7.11 Å². The molecule has 0 aromatic heterocycles. The molecule has 0 atom stereocenters. The summed E-state index contributed by atoms with van der Waals surface area (Å²) in [5.74, 6) is 0.930. The number of methoxy groups -OCH3 is 1. The zero-order valence-corrected chi connectivity index (χ0v) is 10.8. The van der Waals surface area contributed by atoms with Gasteiger partial charge in [-0.05, 0) is 37.0 Å². The summed E-state index contributed by atoms with van der Waals surface area (Å²) < 4.78 is 6.44. The van der Waals surface area contributed by atoms with Gasteiger partial charge in [-0.2, -0.15) is 0 Å². The van der Waals surface area contributed by atoms with E-state index in [-0.39, 0.29) is 6.61 Å². The molecule has 0 amide bonds. The average Bonchev–Trinajstić information content (AvgIpc) is 2.25. The van der Waals surface area contributed by atoms with E-state index in [2.05, 4.69) is 35.0 Å². The van der Waals surface area contributed by atoms with Crippen LogP contribution < -0.4 is 4.74 Å². The molecule has 0 unspecified atom stereocenters. The lowest BCUT2D eigenvalue weighted by molar-refractivity contribution is 0.288. The maximum absolute atomic E-state index is 8.78. The van der Waals surface area contributed by atoms with Crippen LogP contribution in [0.1, 0.15) is 24.5 Å². The summed E-state index contributed by atoms with van der Waals surface area (Å²) >= 11 is 3.55. The first-order valence-corrected chi connectivity index (χ1v) is 5.98. The molecule has 3 heteroatoms. The first kappa shape index (κ1) is 12.5. The topological polar surface area (TPSA) is 29.5 Å². The minimum absolute atomic E-state index is 0.232. The van der Waals surface area contributed by atoms with E-state index in [4.69, 9.17) is 9.84 Å². The summed E-state index contributed by atoms with van der Waals surface area (Å²) in [6.45, 7) is 2.34. The number of aliphatic hydroxyl groups excluding tert-OH is 1. The van der Waals surface area contributed by atoms with E-state index in [1.807, 2.05) is 0 Å². The van der Waals surface area contributed by atoms with Crippen molar-refractivity contribution < 1.29 is 9.84 Å². The zero-order chi connectivity index (χ0) is 11.3. The van der Waals surface area contributed by atoms with Gasteiger partial charge in [-0.15, -0.1) is 0 Å². The first-order valence-electron chi connectivity index (χ1n) is 5.19. The van der Waals surface area contributed by atoms with Gasteiger partial charge in [0.2, 0.25) is 0 Å². The fourth-order valence-electron chi connectivity index (χ4n) is 1.62. The van der Waals surface area contributed by atoms with Gasteiger partial charge in [-0.1, -0.05) is 22.9 Å². The highest BCUT2D eigenvalue weighted by atomic mass is 79.9. The Balaban J connectivity index is 2.97. The van der Waals surface area contributed by atoms with Crippen molar-refractivity contribution in [2.75, 3.05) is 13.7 Å². The van der Waals surface area contributed by atoms with Crippen molar-refractivity contribution in [2.45, 2.75) is 26.2 Å². The van der Waals surface area contributed by atoms with Gasteiger partial charge < -0.3 is 9.84 Å². The Kier molecular flexibility index (Phi) is 5.12. The van der Waals surface area contributed by atoms with Crippen molar-refractivity contribution in [3.63, 3.8) is 0 Å². The molecule has 0 saturated heterocycles. The molecule has 0 aliphatic rings. The Hall–Kier alpha value is -0.540. The van der Waals surface area contributed by atoms with Crippen LogP contribution in [0.2, 0.25) is 0 Å². The highest BCUT2D eigenvalue weighted by Gasteiger charge is 2.07. The second-order valence-electron chi connectivity index (χ2n) is 3.44. The normalized spacial score (nSPS) is 10.4. The summed E-state index contributed by atoms with van der Waals surface area (Å²) in [6, 6.07) is 4.16. The highest BCUT2D eigenvalue weighted by molar-refractivity contribution is 9.10. The van der Waals surface area contributed by atoms with Gasteiger partial charge in [0, 0.05) is 16.6 Å². The third-order valence-electron chi connectivity index (χ3n) is 2.41. The standard InChI is InChI=1S/C12H17BrO2/c1-3-10-11(13)7-9(5-4-6-14)8-12(10)15-2/h7-8,14H,3-6H2,1-2H3. The van der Waals surface area contributed by atoms with Crippen LogP contribution in [0.4, 0.5) is 0 Å². The van der Waals surface area contributed by atoms with Crippen molar-refractivity contribution in [1.29, 1.82) is 0 Å². The van der Waals surface area contributed by atoms with Gasteiger partial charge in [0.25, 0.3) is 0 Å². The second-order valence-corrected chi connectivity index (χ2v) is 4.29. The first-order chi connectivity index (χ1) is 7.22. The summed E-state index contributed by atoms with van der Waals surface area (Å²) in [7, 11) is 1.69. The Morgan fingerprint density at radius 2 is 2.13 bits per heavy atom. The number of hydrogen-bond acceptors (Lipinski definition) is 2. The molecule has 0 aliphatic carbocycles. The third-order valence-corrected chi connectivity index (χ3v) is 3.12. The molecule has 1 N–H and O–H groups in total. The monoisotopic (exact) mass is 272 g/mol. The molecule has 0 bridgehead atoms. The SMILES string of the molecule is CCc1c(Br)cc(CCCO)cc1OC. The molecule has 0 saturated carbocycles. The Labute approximate surface area is 99.4 Å². The van der Waals surface area contributed by atoms with E-state index < -0.39 is 0 Å². The van der Waals surface area contributed by atoms with E-state index in [1.165, 1.54) is 11.1 Å². The van der Waals surface area contributed by atoms with Gasteiger partial charge in [-0.3, -0.25) is 0 Å². The van der Waals surface area contributed by atoms with Crippen molar-refractivity contribution >= 4 is 15.9 Å². The quantitative estimate of drug-likeness (QED) is 0.893. The second kappa shape index (κ2) is 6.13. The zero-order valence-electron chi connectivity index (χ0n) is 9.22. The van der Waals surface area contributed by atoms with Crippen molar-refractivity contribution in [3.8, 4) is 5.75 Å². The summed E-state index contributed by atoms with van der Waals surface area (Å²) in [4.78, 5) is 0. The van der Waals surface area contributed by atoms with Gasteiger partial charge in [-0.25, -0.2) is 0 Å². The average molecular weight is 273 g/mol. The number of hydrogen-bond donors (Lipinski definition) is 1. The van der Waals surface area contributed by atoms with Crippen LogP contribution >= 0.6 is 15.9 Å². The van der Waals surface area contributed by atoms with Crippen molar-refractivity contribution in [3.05, 3.63) is 27.7 Å². The lowest BCUT2D eigenvalue weighted by atomic mass is 10.0. The molecule has 0 heterocycles. The van der Waals surface area contributed by atoms with Crippen LogP contribution in [0.3, 0.4) is 0 Å². The Morgan fingerprint density at radius 1 is 1.40 bits per heavy atom. The minimum Gasteiger partial charge on any atom is -0.496 e. The molecule has 84 valence electrons. The van der Waals surface area contributed by atoms with Gasteiger partial charge in [0.15, 0.2) is 0 Å². The lowest BCUT2D eigenvalue weighted by Crippen LogP contribution is -1.96. The predicted molar refractivity (Wildman–Crippen MR) is 65.5 cm³/mol. The van der Waals surface area contributed by atoms with Gasteiger partial charge >= 0.3 is 0 Å². The van der Waals surface area contributed by atoms with E-state index in [0.29, 0.717) is 0 Å². The van der Waals surface area contributed by atoms with Gasteiger partial charge in [0.05, 0.1) is 7.11 Å². The minimum atomic E-state index is 0.232. The summed E-state index contributed by atoms with van der Waals surface area (Å²) in [6.07, 6.45) is 2.63. The van der Waals surface area contributed by atoms with Gasteiger partial charge in [0.1, 0.15) is 5.75 Å². The summed E-state index contributed by atoms with van der Waals surface area (Å²) in [5, 5.41) is 8.78. The summed E-state index contributed by atoms with van der Waals surface area (Å²) in [5.41, 5.74) is 2.40. The molecular formula is C12H17BrO2. The van der Waals surface area contributed by atoms with Crippen molar-refractivity contribution in [1.82, 2.24) is 0 Å². The highest BCUT2D eigenvalue weighted by Crippen LogP contribution is 2.29. The largest absolute Gasteiger partial charge is 0.496 e. The fourth-order valence-corrected chi connectivity index (χ4v) is 2.39. The number of halogens is 1. The third kappa shape index (κ3) is 3.21. The maximum atomic E-state index is 8.78. The van der Waals surface area contributed by atoms with Crippen LogP contribution in [0.25, 0.3) is 0 Å². The smallest absolute Gasteiger partial charge is 0.123 e. The van der Waals surface area contributed by atoms with Crippen molar-refractivity contribution in [2.24, 2.45) is 0 Å². The number of rotatable bonds is 5. The number of ether oxygens (including phenoxy) is 1. The van der Waals surface area contributed by atoms with Crippen LogP contribution in [-0.4, -0.2) is 18.8 Å². The van der Waals surface area contributed by atoms with Crippen LogP contribution in [0, 0.1) is 0 Å². The fraction of sp³-hybridized carbons (Fsp3) is 0.500. The van der Waals surface area contributed by atoms with E-state index in [0.717, 1.165) is 29.5 Å². The maximum Gasteiger partial charge on any atom is 0.123 e. The molecule has 1 rings (SSSR count). The van der Waals surface area contributed by atoms with Crippen LogP contribution in [0.5, 0.6) is 5.75 Å². The molecular weight excluding hydrogens is 256 g/mol. The molecule has 1 aromatic rings. The molecule has 1 aromatic carbocycles. The number of aryl methyl sites for hydroxylation is 1. The molecule has 0 fully saturated rings. The van der Waals surface area contributed by atoms with Crippen LogP contribution in [0.15, 0.2) is 16.6 Å². The lowest BCUT2D eigenvalue weighted by Gasteiger charge is -2.11. The molecule has 2 nitrogen and oxygen atoms in total. The molecule has 0 aliphatic heterocycles. The van der Waals surface area contributed by atoms with E-state index >= 15 is 0 Å². The van der Waals surface area contributed by atoms with Crippen LogP contribution in [-0.2, 0) is 12.8 Å². The Bertz CT molecular complexity index is 324. The Morgan fingerprint density at radius 3 is 2.67 bits per heavy atom. The number of benzene rings is 1. The predicted octanol–water partition coefficient (Wildman–Crippen LogP) is 2.95. The molecule has 0 spiro atoms. The number of aliphatic hydroxyl groups is 1. The van der Waals surface area contributed by atoms with E-state index in [9.17, 15) is 0 Å². The molecule has 0 radical (unpaired) electrons. The molecule has 15 heavy (non-hydrogen) atoms.